The quantitative estimate of drug-likeness (QED) is 0.332. The summed E-state index contributed by atoms with van der Waals surface area (Å²) in [5.74, 6) is 0.349. The van der Waals surface area contributed by atoms with Crippen LogP contribution < -0.4 is 14.8 Å². The number of nitro benzene ring substituents is 1. The Labute approximate surface area is 204 Å². The number of rotatable bonds is 9. The van der Waals surface area contributed by atoms with Crippen molar-refractivity contribution in [2.24, 2.45) is 0 Å². The molecule has 1 fully saturated rings. The van der Waals surface area contributed by atoms with Crippen molar-refractivity contribution in [1.82, 2.24) is 4.90 Å². The van der Waals surface area contributed by atoms with Crippen molar-refractivity contribution in [3.63, 3.8) is 0 Å². The average molecular weight is 497 g/mol. The highest BCUT2D eigenvalue weighted by Crippen LogP contribution is 2.32. The number of anilines is 2. The van der Waals surface area contributed by atoms with E-state index in [1.165, 1.54) is 24.8 Å². The number of methoxy groups -OCH3 is 1. The maximum absolute atomic E-state index is 13.3. The Morgan fingerprint density at radius 3 is 2.37 bits per heavy atom. The fourth-order valence-electron chi connectivity index (χ4n) is 4.19. The first-order valence-corrected chi connectivity index (χ1v) is 12.8. The zero-order valence-electron chi connectivity index (χ0n) is 19.4. The number of sulfonamides is 1. The van der Waals surface area contributed by atoms with Crippen molar-refractivity contribution in [3.8, 4) is 5.75 Å². The van der Waals surface area contributed by atoms with Crippen molar-refractivity contribution < 1.29 is 18.1 Å². The minimum Gasteiger partial charge on any atom is -0.495 e. The molecule has 0 spiro atoms. The van der Waals surface area contributed by atoms with Crippen LogP contribution in [-0.2, 0) is 16.6 Å². The van der Waals surface area contributed by atoms with E-state index in [9.17, 15) is 18.5 Å². The number of hydrogen-bond acceptors (Lipinski definition) is 7. The fraction of sp³-hybridized carbons (Fsp3) is 0.280. The highest BCUT2D eigenvalue weighted by atomic mass is 32.2. The van der Waals surface area contributed by atoms with Gasteiger partial charge in [-0.25, -0.2) is 8.42 Å². The van der Waals surface area contributed by atoms with Crippen LogP contribution in [0.25, 0.3) is 0 Å². The van der Waals surface area contributed by atoms with Crippen molar-refractivity contribution in [2.45, 2.75) is 30.3 Å². The summed E-state index contributed by atoms with van der Waals surface area (Å²) in [4.78, 5) is 13.0. The molecule has 1 aliphatic rings. The topological polar surface area (TPSA) is 114 Å². The van der Waals surface area contributed by atoms with E-state index in [0.29, 0.717) is 11.4 Å². The minimum atomic E-state index is -4.14. The van der Waals surface area contributed by atoms with E-state index in [-0.39, 0.29) is 22.3 Å². The van der Waals surface area contributed by atoms with Crippen molar-refractivity contribution in [3.05, 3.63) is 88.5 Å². The van der Waals surface area contributed by atoms with Crippen LogP contribution in [0.5, 0.6) is 5.75 Å². The Bertz CT molecular complexity index is 1280. The first kappa shape index (κ1) is 24.5. The predicted molar refractivity (Wildman–Crippen MR) is 135 cm³/mol. The van der Waals surface area contributed by atoms with E-state index in [1.807, 2.05) is 18.2 Å². The van der Waals surface area contributed by atoms with Gasteiger partial charge in [0.2, 0.25) is 0 Å². The molecule has 0 aliphatic carbocycles. The molecular weight excluding hydrogens is 468 g/mol. The van der Waals surface area contributed by atoms with Crippen LogP contribution in [0.4, 0.5) is 17.1 Å². The maximum atomic E-state index is 13.3. The molecule has 0 bridgehead atoms. The van der Waals surface area contributed by atoms with Crippen LogP contribution in [0, 0.1) is 10.1 Å². The van der Waals surface area contributed by atoms with E-state index < -0.39 is 14.9 Å². The number of nitrogens with one attached hydrogen (secondary N) is 2. The second kappa shape index (κ2) is 10.7. The highest BCUT2D eigenvalue weighted by Gasteiger charge is 2.26. The Morgan fingerprint density at radius 1 is 1.00 bits per heavy atom. The largest absolute Gasteiger partial charge is 0.495 e. The predicted octanol–water partition coefficient (Wildman–Crippen LogP) is 4.48. The van der Waals surface area contributed by atoms with Crippen molar-refractivity contribution in [2.75, 3.05) is 30.2 Å². The zero-order chi connectivity index (χ0) is 24.8. The van der Waals surface area contributed by atoms with Gasteiger partial charge >= 0.3 is 0 Å². The van der Waals surface area contributed by atoms with Gasteiger partial charge in [0.05, 0.1) is 23.4 Å². The summed E-state index contributed by atoms with van der Waals surface area (Å²) >= 11 is 0. The van der Waals surface area contributed by atoms with Gasteiger partial charge in [0.1, 0.15) is 10.6 Å². The summed E-state index contributed by atoms with van der Waals surface area (Å²) in [7, 11) is -2.70. The number of nitro groups is 1. The van der Waals surface area contributed by atoms with E-state index in [0.717, 1.165) is 38.5 Å². The SMILES string of the molecule is COc1ccccc1NS(=O)(=O)c1cc([N+](=O)[O-])ccc1NC1CCN(Cc2ccccc2)CC1. The minimum absolute atomic E-state index is 0.0451. The van der Waals surface area contributed by atoms with E-state index in [2.05, 4.69) is 27.1 Å². The molecule has 10 heteroatoms. The molecule has 35 heavy (non-hydrogen) atoms. The normalized spacial score (nSPS) is 14.9. The summed E-state index contributed by atoms with van der Waals surface area (Å²) < 4.78 is 34.4. The molecule has 0 amide bonds. The third-order valence-electron chi connectivity index (χ3n) is 6.01. The average Bonchev–Trinajstić information content (AvgIpc) is 2.86. The van der Waals surface area contributed by atoms with Crippen LogP contribution >= 0.6 is 0 Å². The number of likely N-dealkylation sites (tertiary alicyclic amines) is 1. The molecule has 1 saturated heterocycles. The summed E-state index contributed by atoms with van der Waals surface area (Å²) in [6.45, 7) is 2.59. The number of piperidine rings is 1. The molecule has 9 nitrogen and oxygen atoms in total. The second-order valence-electron chi connectivity index (χ2n) is 8.42. The lowest BCUT2D eigenvalue weighted by atomic mass is 10.0. The van der Waals surface area contributed by atoms with Gasteiger partial charge in [-0.1, -0.05) is 42.5 Å². The van der Waals surface area contributed by atoms with Crippen molar-refractivity contribution >= 4 is 27.1 Å². The molecule has 1 aliphatic heterocycles. The monoisotopic (exact) mass is 496 g/mol. The number of para-hydroxylation sites is 2. The number of hydrogen-bond donors (Lipinski definition) is 2. The van der Waals surface area contributed by atoms with Crippen molar-refractivity contribution in [1.29, 1.82) is 0 Å². The molecule has 1 heterocycles. The Balaban J connectivity index is 1.52. The Morgan fingerprint density at radius 2 is 1.69 bits per heavy atom. The smallest absolute Gasteiger partial charge is 0.270 e. The first-order valence-electron chi connectivity index (χ1n) is 11.3. The van der Waals surface area contributed by atoms with E-state index in [4.69, 9.17) is 4.74 Å². The lowest BCUT2D eigenvalue weighted by Crippen LogP contribution is -2.38. The summed E-state index contributed by atoms with van der Waals surface area (Å²) in [5.41, 5.74) is 1.54. The fourth-order valence-corrected chi connectivity index (χ4v) is 5.45. The van der Waals surface area contributed by atoms with Gasteiger partial charge in [0.25, 0.3) is 15.7 Å². The molecule has 184 valence electrons. The number of nitrogens with zero attached hydrogens (tertiary/aromatic N) is 2. The molecule has 3 aromatic carbocycles. The molecular formula is C25H28N4O5S. The Kier molecular flexibility index (Phi) is 7.52. The molecule has 0 aromatic heterocycles. The van der Waals surface area contributed by atoms with Gasteiger partial charge in [-0.15, -0.1) is 0 Å². The highest BCUT2D eigenvalue weighted by molar-refractivity contribution is 7.93. The van der Waals surface area contributed by atoms with E-state index >= 15 is 0 Å². The lowest BCUT2D eigenvalue weighted by Gasteiger charge is -2.33. The van der Waals surface area contributed by atoms with Gasteiger partial charge in [-0.3, -0.25) is 19.7 Å². The van der Waals surface area contributed by atoms with Crippen LogP contribution in [0.3, 0.4) is 0 Å². The van der Waals surface area contributed by atoms with Gasteiger partial charge in [-0.2, -0.15) is 0 Å². The molecule has 0 unspecified atom stereocenters. The number of non-ortho nitro benzene ring substituents is 1. The summed E-state index contributed by atoms with van der Waals surface area (Å²) in [5, 5.41) is 14.7. The van der Waals surface area contributed by atoms with Crippen LogP contribution in [-0.4, -0.2) is 44.5 Å². The first-order chi connectivity index (χ1) is 16.9. The van der Waals surface area contributed by atoms with Gasteiger partial charge in [0, 0.05) is 37.8 Å². The van der Waals surface area contributed by atoms with Crippen LogP contribution in [0.1, 0.15) is 18.4 Å². The van der Waals surface area contributed by atoms with E-state index in [1.54, 1.807) is 24.3 Å². The molecule has 0 radical (unpaired) electrons. The van der Waals surface area contributed by atoms with Gasteiger partial charge in [0.15, 0.2) is 0 Å². The Hall–Kier alpha value is -3.63. The zero-order valence-corrected chi connectivity index (χ0v) is 20.2. The third-order valence-corrected chi connectivity index (χ3v) is 7.42. The molecule has 2 N–H and O–H groups in total. The lowest BCUT2D eigenvalue weighted by molar-refractivity contribution is -0.385. The molecule has 4 rings (SSSR count). The molecule has 3 aromatic rings. The third kappa shape index (κ3) is 6.09. The van der Waals surface area contributed by atoms with Crippen LogP contribution in [0.2, 0.25) is 0 Å². The summed E-state index contributed by atoms with van der Waals surface area (Å²) in [6, 6.07) is 20.8. The standard InChI is InChI=1S/C25H28N4O5S/c1-34-24-10-6-5-9-22(24)27-35(32,33)25-17-21(29(30)31)11-12-23(25)26-20-13-15-28(16-14-20)18-19-7-3-2-4-8-19/h2-12,17,20,26-27H,13-16,18H2,1H3. The molecule has 0 atom stereocenters. The molecule has 0 saturated carbocycles. The maximum Gasteiger partial charge on any atom is 0.270 e. The summed E-state index contributed by atoms with van der Waals surface area (Å²) in [6.07, 6.45) is 1.65. The number of benzene rings is 3. The number of ether oxygens (including phenoxy) is 1. The van der Waals surface area contributed by atoms with Gasteiger partial charge in [-0.05, 0) is 36.6 Å². The van der Waals surface area contributed by atoms with Gasteiger partial charge < -0.3 is 10.1 Å². The van der Waals surface area contributed by atoms with Crippen LogP contribution in [0.15, 0.2) is 77.7 Å². The second-order valence-corrected chi connectivity index (χ2v) is 10.1.